The molecular formula is C27H26BrN5O2S2. The van der Waals surface area contributed by atoms with Crippen LogP contribution in [0.15, 0.2) is 83.5 Å². The summed E-state index contributed by atoms with van der Waals surface area (Å²) in [5, 5.41) is 4.07. The van der Waals surface area contributed by atoms with Gasteiger partial charge in [0, 0.05) is 39.1 Å². The summed E-state index contributed by atoms with van der Waals surface area (Å²) in [6.07, 6.45) is 2.92. The summed E-state index contributed by atoms with van der Waals surface area (Å²) in [4.78, 5) is 6.73. The zero-order valence-electron chi connectivity index (χ0n) is 20.5. The summed E-state index contributed by atoms with van der Waals surface area (Å²) in [6, 6.07) is 23.2. The molecule has 7 nitrogen and oxygen atoms in total. The minimum absolute atomic E-state index is 0.175. The summed E-state index contributed by atoms with van der Waals surface area (Å²) >= 11 is 9.38. The quantitative estimate of drug-likeness (QED) is 0.274. The van der Waals surface area contributed by atoms with Gasteiger partial charge in [0.25, 0.3) is 0 Å². The number of halogens is 1. The van der Waals surface area contributed by atoms with Gasteiger partial charge in [0.2, 0.25) is 10.0 Å². The molecule has 2 aromatic carbocycles. The highest BCUT2D eigenvalue weighted by Gasteiger charge is 2.42. The number of aromatic nitrogens is 2. The number of hydrogen-bond donors (Lipinski definition) is 2. The van der Waals surface area contributed by atoms with Crippen molar-refractivity contribution in [3.63, 3.8) is 0 Å². The smallest absolute Gasteiger partial charge is 0.229 e. The van der Waals surface area contributed by atoms with Gasteiger partial charge in [-0.2, -0.15) is 0 Å². The molecule has 1 aliphatic heterocycles. The summed E-state index contributed by atoms with van der Waals surface area (Å²) in [7, 11) is -3.37. The van der Waals surface area contributed by atoms with Crippen molar-refractivity contribution < 1.29 is 8.42 Å². The second-order valence-corrected chi connectivity index (χ2v) is 12.1. The van der Waals surface area contributed by atoms with Crippen molar-refractivity contribution in [3.8, 4) is 5.69 Å². The number of pyridine rings is 1. The second kappa shape index (κ2) is 9.92. The van der Waals surface area contributed by atoms with Gasteiger partial charge in [-0.3, -0.25) is 9.71 Å². The normalized spacial score (nSPS) is 17.6. The first-order valence-electron chi connectivity index (χ1n) is 11.7. The van der Waals surface area contributed by atoms with Gasteiger partial charge in [0.05, 0.1) is 24.0 Å². The van der Waals surface area contributed by atoms with Crippen LogP contribution in [0.25, 0.3) is 5.69 Å². The fourth-order valence-corrected chi connectivity index (χ4v) is 6.10. The van der Waals surface area contributed by atoms with Crippen molar-refractivity contribution in [1.29, 1.82) is 0 Å². The van der Waals surface area contributed by atoms with Gasteiger partial charge in [-0.1, -0.05) is 22.0 Å². The number of nitrogens with zero attached hydrogens (tertiary/aromatic N) is 3. The molecule has 1 saturated heterocycles. The zero-order valence-corrected chi connectivity index (χ0v) is 23.7. The van der Waals surface area contributed by atoms with Crippen LogP contribution in [0.4, 0.5) is 11.4 Å². The van der Waals surface area contributed by atoms with Crippen molar-refractivity contribution in [2.45, 2.75) is 25.9 Å². The van der Waals surface area contributed by atoms with Crippen molar-refractivity contribution >= 4 is 54.7 Å². The molecule has 3 heterocycles. The molecule has 190 valence electrons. The number of rotatable bonds is 6. The Bertz CT molecular complexity index is 1550. The van der Waals surface area contributed by atoms with Gasteiger partial charge < -0.3 is 14.8 Å². The molecular weight excluding hydrogens is 570 g/mol. The number of nitrogens with one attached hydrogen (secondary N) is 2. The average Bonchev–Trinajstić information content (AvgIpc) is 3.35. The molecule has 2 atom stereocenters. The number of sulfonamides is 1. The van der Waals surface area contributed by atoms with Crippen molar-refractivity contribution in [1.82, 2.24) is 14.9 Å². The number of anilines is 2. The van der Waals surface area contributed by atoms with E-state index in [0.717, 1.165) is 44.7 Å². The van der Waals surface area contributed by atoms with Crippen LogP contribution in [-0.4, -0.2) is 29.3 Å². The van der Waals surface area contributed by atoms with Gasteiger partial charge in [0.15, 0.2) is 5.11 Å². The van der Waals surface area contributed by atoms with E-state index in [2.05, 4.69) is 72.5 Å². The molecule has 10 heteroatoms. The van der Waals surface area contributed by atoms with E-state index in [1.54, 1.807) is 18.3 Å². The highest BCUT2D eigenvalue weighted by Crippen LogP contribution is 2.44. The van der Waals surface area contributed by atoms with Crippen LogP contribution in [0.1, 0.15) is 34.7 Å². The Morgan fingerprint density at radius 1 is 1.00 bits per heavy atom. The van der Waals surface area contributed by atoms with Crippen LogP contribution in [-0.2, 0) is 10.0 Å². The van der Waals surface area contributed by atoms with Crippen molar-refractivity contribution in [2.75, 3.05) is 15.9 Å². The van der Waals surface area contributed by atoms with Gasteiger partial charge in [-0.25, -0.2) is 8.42 Å². The molecule has 37 heavy (non-hydrogen) atoms. The van der Waals surface area contributed by atoms with E-state index in [0.29, 0.717) is 10.8 Å². The molecule has 5 rings (SSSR count). The fraction of sp³-hybridized carbons (Fsp3) is 0.185. The minimum atomic E-state index is -3.37. The second-order valence-electron chi connectivity index (χ2n) is 9.06. The van der Waals surface area contributed by atoms with Gasteiger partial charge >= 0.3 is 0 Å². The third-order valence-corrected chi connectivity index (χ3v) is 7.87. The summed E-state index contributed by atoms with van der Waals surface area (Å²) in [6.45, 7) is 4.23. The average molecular weight is 597 g/mol. The number of hydrogen-bond acceptors (Lipinski definition) is 4. The highest BCUT2D eigenvalue weighted by molar-refractivity contribution is 9.10. The lowest BCUT2D eigenvalue weighted by atomic mass is 9.96. The maximum Gasteiger partial charge on any atom is 0.229 e. The third kappa shape index (κ3) is 5.14. The van der Waals surface area contributed by atoms with Crippen LogP contribution in [0.2, 0.25) is 0 Å². The third-order valence-electron chi connectivity index (χ3n) is 6.42. The fourth-order valence-electron chi connectivity index (χ4n) is 4.93. The molecule has 0 radical (unpaired) electrons. The van der Waals surface area contributed by atoms with E-state index in [-0.39, 0.29) is 12.1 Å². The topological polar surface area (TPSA) is 79.3 Å². The Morgan fingerprint density at radius 3 is 2.30 bits per heavy atom. The lowest BCUT2D eigenvalue weighted by Gasteiger charge is -2.28. The van der Waals surface area contributed by atoms with E-state index < -0.39 is 10.0 Å². The van der Waals surface area contributed by atoms with Crippen LogP contribution >= 0.6 is 28.1 Å². The van der Waals surface area contributed by atoms with Gasteiger partial charge in [0.1, 0.15) is 0 Å². The molecule has 0 spiro atoms. The van der Waals surface area contributed by atoms with E-state index in [4.69, 9.17) is 12.2 Å². The molecule has 0 amide bonds. The Kier molecular flexibility index (Phi) is 6.82. The van der Waals surface area contributed by atoms with Gasteiger partial charge in [-0.15, -0.1) is 0 Å². The van der Waals surface area contributed by atoms with E-state index >= 15 is 0 Å². The van der Waals surface area contributed by atoms with Crippen LogP contribution < -0.4 is 14.9 Å². The van der Waals surface area contributed by atoms with E-state index in [9.17, 15) is 8.42 Å². The highest BCUT2D eigenvalue weighted by atomic mass is 79.9. The number of thiocarbonyl (C=S) groups is 1. The maximum atomic E-state index is 11.7. The Balaban J connectivity index is 1.62. The Hall–Kier alpha value is -3.21. The van der Waals surface area contributed by atoms with Crippen molar-refractivity contribution in [2.24, 2.45) is 0 Å². The number of aryl methyl sites for hydroxylation is 1. The standard InChI is InChI=1S/C27H26BrN5O2S2/c1-17-16-23(18(2)32(17)21-11-7-19(28)8-12-21)26-25(24-6-4-5-15-29-24)30-27(36)33(26)22-13-9-20(10-14-22)31-37(3,34)35/h4-16,25-26,31H,1-3H3,(H,30,36)/t25-,26+/m0/s1. The number of benzene rings is 2. The summed E-state index contributed by atoms with van der Waals surface area (Å²) < 4.78 is 29.1. The van der Waals surface area contributed by atoms with Gasteiger partial charge in [-0.05, 0) is 98.4 Å². The predicted octanol–water partition coefficient (Wildman–Crippen LogP) is 5.80. The minimum Gasteiger partial charge on any atom is -0.351 e. The molecule has 0 bridgehead atoms. The Labute approximate surface area is 230 Å². The van der Waals surface area contributed by atoms with Crippen molar-refractivity contribution in [3.05, 3.63) is 106 Å². The molecule has 0 unspecified atom stereocenters. The monoisotopic (exact) mass is 595 g/mol. The molecule has 2 N–H and O–H groups in total. The predicted molar refractivity (Wildman–Crippen MR) is 156 cm³/mol. The molecule has 0 aliphatic carbocycles. The Morgan fingerprint density at radius 2 is 1.68 bits per heavy atom. The van der Waals surface area contributed by atoms with Crippen LogP contribution in [0.5, 0.6) is 0 Å². The summed E-state index contributed by atoms with van der Waals surface area (Å²) in [5.41, 5.74) is 6.67. The molecule has 1 aliphatic rings. The molecule has 1 fully saturated rings. The van der Waals surface area contributed by atoms with E-state index in [1.165, 1.54) is 0 Å². The SMILES string of the molecule is Cc1cc([C@@H]2[C@H](c3ccccn3)NC(=S)N2c2ccc(NS(C)(=O)=O)cc2)c(C)n1-c1ccc(Br)cc1. The largest absolute Gasteiger partial charge is 0.351 e. The summed E-state index contributed by atoms with van der Waals surface area (Å²) in [5.74, 6) is 0. The van der Waals surface area contributed by atoms with Crippen LogP contribution in [0, 0.1) is 13.8 Å². The maximum absolute atomic E-state index is 11.7. The molecule has 2 aromatic heterocycles. The lowest BCUT2D eigenvalue weighted by molar-refractivity contribution is 0.565. The first-order chi connectivity index (χ1) is 17.6. The lowest BCUT2D eigenvalue weighted by Crippen LogP contribution is -2.29. The van der Waals surface area contributed by atoms with Crippen LogP contribution in [0.3, 0.4) is 0 Å². The molecule has 0 saturated carbocycles. The first-order valence-corrected chi connectivity index (χ1v) is 14.7. The van der Waals surface area contributed by atoms with E-state index in [1.807, 2.05) is 42.5 Å². The first kappa shape index (κ1) is 25.4. The zero-order chi connectivity index (χ0) is 26.3. The molecule has 4 aromatic rings.